The Morgan fingerprint density at radius 3 is 1.19 bits per heavy atom. The SMILES string of the molecule is CCC(CC)COC=O.CCCCCCCCCCCCCCCC(CCCCCCCCCCCCCCCC(CC)CC)OC(=O)CCCN(C)C(C)C.O=CO. The van der Waals surface area contributed by atoms with Gasteiger partial charge in [-0.15, -0.1) is 0 Å². The fourth-order valence-corrected chi connectivity index (χ4v) is 7.77. The second-order valence-corrected chi connectivity index (χ2v) is 17.9. The van der Waals surface area contributed by atoms with E-state index in [0.717, 1.165) is 44.6 Å². The minimum atomic E-state index is -0.250. The smallest absolute Gasteiger partial charge is 0.306 e. The third-order valence-corrected chi connectivity index (χ3v) is 12.5. The number of hydrogen-bond donors (Lipinski definition) is 1. The van der Waals surface area contributed by atoms with E-state index in [2.05, 4.69) is 65.2 Å². The number of carbonyl (C=O) groups is 3. The maximum Gasteiger partial charge on any atom is 0.306 e. The van der Waals surface area contributed by atoms with Crippen LogP contribution < -0.4 is 0 Å². The first kappa shape index (κ1) is 61.7. The van der Waals surface area contributed by atoms with Crippen LogP contribution in [0.15, 0.2) is 0 Å². The van der Waals surface area contributed by atoms with E-state index in [0.29, 0.717) is 31.5 Å². The first-order chi connectivity index (χ1) is 28.7. The van der Waals surface area contributed by atoms with Gasteiger partial charge in [0.2, 0.25) is 0 Å². The zero-order valence-corrected chi connectivity index (χ0v) is 41.1. The summed E-state index contributed by atoms with van der Waals surface area (Å²) in [5.74, 6) is 1.55. The molecule has 1 unspecified atom stereocenters. The number of ether oxygens (including phenoxy) is 2. The maximum atomic E-state index is 12.7. The second kappa shape index (κ2) is 52.5. The molecule has 0 rings (SSSR count). The molecule has 0 heterocycles. The van der Waals surface area contributed by atoms with Gasteiger partial charge in [-0.3, -0.25) is 14.4 Å². The van der Waals surface area contributed by atoms with E-state index in [1.807, 2.05) is 0 Å². The molecule has 0 fully saturated rings. The lowest BCUT2D eigenvalue weighted by molar-refractivity contribution is -0.150. The van der Waals surface area contributed by atoms with Crippen LogP contribution in [0.3, 0.4) is 0 Å². The molecule has 1 atom stereocenters. The van der Waals surface area contributed by atoms with Gasteiger partial charge in [-0.2, -0.15) is 0 Å². The summed E-state index contributed by atoms with van der Waals surface area (Å²) in [6.07, 6.45) is 46.2. The molecule has 7 nitrogen and oxygen atoms in total. The number of nitrogens with zero attached hydrogens (tertiary/aromatic N) is 1. The highest BCUT2D eigenvalue weighted by Gasteiger charge is 2.15. The molecule has 0 aliphatic rings. The van der Waals surface area contributed by atoms with Gasteiger partial charge in [0.1, 0.15) is 6.10 Å². The standard InChI is InChI=1S/C44H89NO2.C7H14O2.CH2O2/c1-7-10-11-12-13-14-15-17-21-24-27-30-33-37-43(47-44(46)39-35-40-45(6)41(4)5)38-34-31-28-25-22-19-16-18-20-23-26-29-32-36-42(8-2)9-3;1-3-7(4-2)5-9-6-8;2-1-3/h41-43H,7-40H2,1-6H3;6-7H,3-5H2,1-2H3;1H,(H,2,3). The van der Waals surface area contributed by atoms with E-state index in [4.69, 9.17) is 14.6 Å². The molecule has 0 bridgehead atoms. The number of esters is 1. The van der Waals surface area contributed by atoms with Gasteiger partial charge in [0.25, 0.3) is 12.9 Å². The van der Waals surface area contributed by atoms with E-state index in [-0.39, 0.29) is 18.5 Å². The Bertz CT molecular complexity index is 815. The molecule has 0 aliphatic carbocycles. The highest BCUT2D eigenvalue weighted by molar-refractivity contribution is 5.69. The Morgan fingerprint density at radius 1 is 0.525 bits per heavy atom. The molecule has 0 aromatic carbocycles. The summed E-state index contributed by atoms with van der Waals surface area (Å²) in [7, 11) is 2.14. The van der Waals surface area contributed by atoms with Gasteiger partial charge in [0.05, 0.1) is 6.61 Å². The largest absolute Gasteiger partial charge is 0.483 e. The van der Waals surface area contributed by atoms with Gasteiger partial charge in [-0.25, -0.2) is 0 Å². The van der Waals surface area contributed by atoms with Crippen LogP contribution in [0.25, 0.3) is 0 Å². The molecular formula is C52H105NO6. The molecule has 59 heavy (non-hydrogen) atoms. The number of rotatable bonds is 43. The molecule has 0 aromatic rings. The Kier molecular flexibility index (Phi) is 54.9. The summed E-state index contributed by atoms with van der Waals surface area (Å²) >= 11 is 0. The lowest BCUT2D eigenvalue weighted by Crippen LogP contribution is -2.28. The van der Waals surface area contributed by atoms with Gasteiger partial charge in [-0.1, -0.05) is 221 Å². The molecule has 354 valence electrons. The molecule has 7 heteroatoms. The van der Waals surface area contributed by atoms with Crippen molar-refractivity contribution in [3.05, 3.63) is 0 Å². The summed E-state index contributed by atoms with van der Waals surface area (Å²) in [5.41, 5.74) is 0. The van der Waals surface area contributed by atoms with Gasteiger partial charge in [-0.05, 0) is 71.4 Å². The van der Waals surface area contributed by atoms with Gasteiger partial charge in [0.15, 0.2) is 0 Å². The Balaban J connectivity index is -0.00000226. The lowest BCUT2D eigenvalue weighted by Gasteiger charge is -2.21. The molecule has 0 saturated carbocycles. The molecule has 0 amide bonds. The van der Waals surface area contributed by atoms with Crippen molar-refractivity contribution in [2.75, 3.05) is 20.2 Å². The molecule has 0 aromatic heterocycles. The fourth-order valence-electron chi connectivity index (χ4n) is 7.77. The quantitative estimate of drug-likeness (QED) is 0.0371. The van der Waals surface area contributed by atoms with Gasteiger partial charge in [0, 0.05) is 12.5 Å². The summed E-state index contributed by atoms with van der Waals surface area (Å²) in [5, 5.41) is 6.89. The summed E-state index contributed by atoms with van der Waals surface area (Å²) in [4.78, 5) is 33.1. The van der Waals surface area contributed by atoms with Crippen LogP contribution in [0, 0.1) is 11.8 Å². The normalized spacial score (nSPS) is 11.7. The van der Waals surface area contributed by atoms with Crippen LogP contribution in [0.2, 0.25) is 0 Å². The number of hydrogen-bond acceptors (Lipinski definition) is 6. The fraction of sp³-hybridized carbons (Fsp3) is 0.942. The third kappa shape index (κ3) is 50.6. The monoisotopic (exact) mass is 840 g/mol. The van der Waals surface area contributed by atoms with E-state index in [1.54, 1.807) is 0 Å². The molecule has 0 spiro atoms. The van der Waals surface area contributed by atoms with Crippen molar-refractivity contribution in [1.29, 1.82) is 0 Å². The minimum absolute atomic E-state index is 0.0310. The highest BCUT2D eigenvalue weighted by Crippen LogP contribution is 2.20. The molecular weight excluding hydrogens is 735 g/mol. The zero-order valence-electron chi connectivity index (χ0n) is 41.1. The minimum Gasteiger partial charge on any atom is -0.483 e. The van der Waals surface area contributed by atoms with E-state index in [1.165, 1.54) is 186 Å². The van der Waals surface area contributed by atoms with Crippen LogP contribution >= 0.6 is 0 Å². The first-order valence-corrected chi connectivity index (χ1v) is 25.7. The zero-order chi connectivity index (χ0) is 44.5. The summed E-state index contributed by atoms with van der Waals surface area (Å²) in [6, 6.07) is 0.526. The van der Waals surface area contributed by atoms with Crippen molar-refractivity contribution in [3.8, 4) is 0 Å². The summed E-state index contributed by atoms with van der Waals surface area (Å²) < 4.78 is 10.7. The molecule has 0 saturated heterocycles. The number of unbranched alkanes of at least 4 members (excludes halogenated alkanes) is 24. The predicted molar refractivity (Wildman–Crippen MR) is 255 cm³/mol. The molecule has 0 radical (unpaired) electrons. The lowest BCUT2D eigenvalue weighted by atomic mass is 9.95. The molecule has 0 aliphatic heterocycles. The van der Waals surface area contributed by atoms with Gasteiger partial charge >= 0.3 is 5.97 Å². The predicted octanol–water partition coefficient (Wildman–Crippen LogP) is 16.1. The van der Waals surface area contributed by atoms with Crippen molar-refractivity contribution in [2.45, 2.75) is 285 Å². The van der Waals surface area contributed by atoms with Crippen molar-refractivity contribution in [3.63, 3.8) is 0 Å². The van der Waals surface area contributed by atoms with Crippen molar-refractivity contribution >= 4 is 18.9 Å². The highest BCUT2D eigenvalue weighted by atomic mass is 16.5. The average Bonchev–Trinajstić information content (AvgIpc) is 3.23. The van der Waals surface area contributed by atoms with E-state index in [9.17, 15) is 9.59 Å². The van der Waals surface area contributed by atoms with Crippen LogP contribution in [-0.2, 0) is 23.9 Å². The Labute approximate surface area is 369 Å². The van der Waals surface area contributed by atoms with E-state index >= 15 is 0 Å². The Morgan fingerprint density at radius 2 is 0.864 bits per heavy atom. The summed E-state index contributed by atoms with van der Waals surface area (Å²) in [6.45, 7) is 17.4. The second-order valence-electron chi connectivity index (χ2n) is 17.9. The average molecular weight is 840 g/mol. The van der Waals surface area contributed by atoms with E-state index < -0.39 is 0 Å². The Hall–Kier alpha value is -1.63. The topological polar surface area (TPSA) is 93.1 Å². The van der Waals surface area contributed by atoms with Crippen LogP contribution in [0.1, 0.15) is 273 Å². The van der Waals surface area contributed by atoms with Crippen molar-refractivity contribution in [1.82, 2.24) is 4.90 Å². The third-order valence-electron chi connectivity index (χ3n) is 12.5. The van der Waals surface area contributed by atoms with Crippen molar-refractivity contribution < 1.29 is 29.0 Å². The van der Waals surface area contributed by atoms with Crippen molar-refractivity contribution in [2.24, 2.45) is 11.8 Å². The first-order valence-electron chi connectivity index (χ1n) is 25.7. The van der Waals surface area contributed by atoms with Crippen LogP contribution in [-0.4, -0.2) is 61.3 Å². The number of carbonyl (C=O) groups excluding carboxylic acids is 2. The maximum absolute atomic E-state index is 12.7. The number of carboxylic acid groups (broad SMARTS) is 1. The molecule has 1 N–H and O–H groups in total. The van der Waals surface area contributed by atoms with Crippen LogP contribution in [0.4, 0.5) is 0 Å². The van der Waals surface area contributed by atoms with Crippen LogP contribution in [0.5, 0.6) is 0 Å². The van der Waals surface area contributed by atoms with Gasteiger partial charge < -0.3 is 19.5 Å².